The van der Waals surface area contributed by atoms with Crippen LogP contribution in [0.25, 0.3) is 0 Å². The molecule has 7 saturated carbocycles. The van der Waals surface area contributed by atoms with Crippen LogP contribution in [0.3, 0.4) is 0 Å². The highest BCUT2D eigenvalue weighted by molar-refractivity contribution is 5.73. The van der Waals surface area contributed by atoms with Crippen LogP contribution in [0.2, 0.25) is 0 Å². The van der Waals surface area contributed by atoms with E-state index in [1.54, 1.807) is 0 Å². The molecular formula is C28H37NO4. The van der Waals surface area contributed by atoms with Crippen LogP contribution in [0, 0.1) is 34.0 Å². The molecular weight excluding hydrogens is 414 g/mol. The van der Waals surface area contributed by atoms with Crippen LogP contribution in [-0.2, 0) is 16.1 Å². The van der Waals surface area contributed by atoms with Crippen molar-refractivity contribution in [2.24, 2.45) is 34.0 Å². The normalized spacial score (nSPS) is 53.7. The van der Waals surface area contributed by atoms with Crippen LogP contribution in [0.1, 0.15) is 63.9 Å². The number of hydrogen-bond acceptors (Lipinski definition) is 5. The van der Waals surface area contributed by atoms with Gasteiger partial charge >= 0.3 is 5.97 Å². The fourth-order valence-corrected chi connectivity index (χ4v) is 11.2. The van der Waals surface area contributed by atoms with Crippen LogP contribution in [-0.4, -0.2) is 52.0 Å². The van der Waals surface area contributed by atoms with Gasteiger partial charge in [0.2, 0.25) is 0 Å². The Kier molecular flexibility index (Phi) is 3.94. The number of carbonyl (C=O) groups excluding carboxylic acids is 1. The summed E-state index contributed by atoms with van der Waals surface area (Å²) in [6.07, 6.45) is 6.90. The molecule has 0 radical (unpaired) electrons. The summed E-state index contributed by atoms with van der Waals surface area (Å²) < 4.78 is 5.21. The van der Waals surface area contributed by atoms with Gasteiger partial charge in [-0.15, -0.1) is 0 Å². The average molecular weight is 452 g/mol. The lowest BCUT2D eigenvalue weighted by molar-refractivity contribution is -0.410. The third-order valence-electron chi connectivity index (χ3n) is 12.1. The fourth-order valence-electron chi connectivity index (χ4n) is 11.2. The Morgan fingerprint density at radius 2 is 1.88 bits per heavy atom. The number of hydrogen-bond donors (Lipinski definition) is 2. The smallest absolute Gasteiger partial charge is 0.308 e. The van der Waals surface area contributed by atoms with Gasteiger partial charge in [-0.3, -0.25) is 9.69 Å². The quantitative estimate of drug-likeness (QED) is 0.688. The number of ether oxygens (including phenoxy) is 1. The topological polar surface area (TPSA) is 70.0 Å². The molecule has 1 aromatic rings. The first-order valence-corrected chi connectivity index (χ1v) is 13.1. The number of methoxy groups -OCH3 is 1. The lowest BCUT2D eigenvalue weighted by Gasteiger charge is -2.82. The molecule has 0 aromatic heterocycles. The van der Waals surface area contributed by atoms with Crippen LogP contribution < -0.4 is 0 Å². The maximum absolute atomic E-state index is 12.8. The van der Waals surface area contributed by atoms with E-state index >= 15 is 0 Å². The van der Waals surface area contributed by atoms with Crippen molar-refractivity contribution in [3.63, 3.8) is 0 Å². The molecule has 9 rings (SSSR count). The van der Waals surface area contributed by atoms with E-state index in [0.29, 0.717) is 25.2 Å². The highest BCUT2D eigenvalue weighted by Crippen LogP contribution is 2.84. The van der Waals surface area contributed by atoms with Crippen LogP contribution in [0.5, 0.6) is 0 Å². The number of carbonyl (C=O) groups is 1. The molecule has 7 aliphatic carbocycles. The Bertz CT molecular complexity index is 1010. The summed E-state index contributed by atoms with van der Waals surface area (Å²) in [4.78, 5) is 15.4. The molecule has 2 unspecified atom stereocenters. The SMILES string of the molecule is COC(=O)C1C[C@]23CC[C@]45[C@@H]6[C@H]2CC1C[C@@]3(O)[C@@]4(O)CCC[C@@]5(C)CN6Cc1ccccc1. The molecule has 33 heavy (non-hydrogen) atoms. The maximum Gasteiger partial charge on any atom is 0.308 e. The minimum atomic E-state index is -1.09. The zero-order chi connectivity index (χ0) is 22.9. The predicted molar refractivity (Wildman–Crippen MR) is 123 cm³/mol. The highest BCUT2D eigenvalue weighted by Gasteiger charge is 2.89. The van der Waals surface area contributed by atoms with Gasteiger partial charge in [0.05, 0.1) is 13.0 Å². The van der Waals surface area contributed by atoms with Crippen molar-refractivity contribution >= 4 is 5.97 Å². The first-order chi connectivity index (χ1) is 15.8. The third kappa shape index (κ3) is 2.04. The number of rotatable bonds is 3. The molecule has 178 valence electrons. The minimum absolute atomic E-state index is 0.00599. The highest BCUT2D eigenvalue weighted by atomic mass is 16.5. The van der Waals surface area contributed by atoms with Crippen molar-refractivity contribution in [1.29, 1.82) is 0 Å². The average Bonchev–Trinajstić information content (AvgIpc) is 3.07. The number of likely N-dealkylation sites (tertiary alicyclic amines) is 1. The van der Waals surface area contributed by atoms with Gasteiger partial charge in [-0.05, 0) is 74.2 Å². The van der Waals surface area contributed by atoms with E-state index in [-0.39, 0.29) is 40.1 Å². The number of aliphatic hydroxyl groups is 2. The Morgan fingerprint density at radius 3 is 2.64 bits per heavy atom. The van der Waals surface area contributed by atoms with Crippen molar-refractivity contribution in [3.05, 3.63) is 35.9 Å². The largest absolute Gasteiger partial charge is 0.469 e. The summed E-state index contributed by atoms with van der Waals surface area (Å²) in [6, 6.07) is 11.0. The van der Waals surface area contributed by atoms with Crippen molar-refractivity contribution in [1.82, 2.24) is 4.90 Å². The number of nitrogens with zero attached hydrogens (tertiary/aromatic N) is 1. The van der Waals surface area contributed by atoms with Gasteiger partial charge in [0.25, 0.3) is 0 Å². The Morgan fingerprint density at radius 1 is 1.09 bits per heavy atom. The summed E-state index contributed by atoms with van der Waals surface area (Å²) in [7, 11) is 1.49. The first kappa shape index (κ1) is 20.9. The molecule has 0 amide bonds. The van der Waals surface area contributed by atoms with Gasteiger partial charge in [0.1, 0.15) is 11.2 Å². The van der Waals surface area contributed by atoms with Gasteiger partial charge in [0, 0.05) is 30.0 Å². The van der Waals surface area contributed by atoms with E-state index in [1.165, 1.54) is 12.7 Å². The minimum Gasteiger partial charge on any atom is -0.469 e. The molecule has 1 saturated heterocycles. The lowest BCUT2D eigenvalue weighted by Crippen LogP contribution is -2.89. The molecule has 2 spiro atoms. The molecule has 5 nitrogen and oxygen atoms in total. The van der Waals surface area contributed by atoms with Crippen LogP contribution in [0.4, 0.5) is 0 Å². The third-order valence-corrected chi connectivity index (χ3v) is 12.1. The second-order valence-corrected chi connectivity index (χ2v) is 12.7. The fraction of sp³-hybridized carbons (Fsp3) is 0.750. The van der Waals surface area contributed by atoms with Gasteiger partial charge in [-0.2, -0.15) is 0 Å². The van der Waals surface area contributed by atoms with Crippen LogP contribution in [0.15, 0.2) is 30.3 Å². The molecule has 5 heteroatoms. The molecule has 8 fully saturated rings. The van der Waals surface area contributed by atoms with Gasteiger partial charge in [-0.1, -0.05) is 37.3 Å². The number of esters is 1. The van der Waals surface area contributed by atoms with Gasteiger partial charge < -0.3 is 14.9 Å². The van der Waals surface area contributed by atoms with Gasteiger partial charge in [-0.25, -0.2) is 0 Å². The standard InChI is InChI=1S/C28H37NO4/c1-24-9-6-10-27(31)26(24)12-11-25-15-20(23(30)33-2)19(14-28(25,27)32)13-21(25)22(26)29(17-24)16-18-7-4-3-5-8-18/h3-5,7-8,19-22,31-32H,6,9-17H2,1-2H3/t19?,20?,21-,22+,24+,25-,26-,27-,28+/m1/s1. The molecule has 1 aromatic carbocycles. The predicted octanol–water partition coefficient (Wildman–Crippen LogP) is 3.52. The van der Waals surface area contributed by atoms with E-state index in [9.17, 15) is 15.0 Å². The van der Waals surface area contributed by atoms with Crippen LogP contribution >= 0.6 is 0 Å². The molecule has 1 aliphatic heterocycles. The van der Waals surface area contributed by atoms with Crippen molar-refractivity contribution < 1.29 is 19.7 Å². The zero-order valence-electron chi connectivity index (χ0n) is 19.9. The summed E-state index contributed by atoms with van der Waals surface area (Å²) in [6.45, 7) is 4.30. The van der Waals surface area contributed by atoms with E-state index < -0.39 is 11.2 Å². The second kappa shape index (κ2) is 6.22. The number of fused-ring (bicyclic) bond motifs is 2. The Balaban J connectivity index is 1.40. The summed E-state index contributed by atoms with van der Waals surface area (Å²) in [5.74, 6) is 0.173. The summed E-state index contributed by atoms with van der Waals surface area (Å²) >= 11 is 0. The van der Waals surface area contributed by atoms with E-state index in [0.717, 1.165) is 45.2 Å². The summed E-state index contributed by atoms with van der Waals surface area (Å²) in [5.41, 5.74) is -1.49. The lowest BCUT2D eigenvalue weighted by atomic mass is 9.24. The van der Waals surface area contributed by atoms with Crippen molar-refractivity contribution in [2.75, 3.05) is 13.7 Å². The second-order valence-electron chi connectivity index (χ2n) is 12.7. The maximum atomic E-state index is 12.8. The molecule has 5 bridgehead atoms. The van der Waals surface area contributed by atoms with E-state index in [1.807, 2.05) is 0 Å². The van der Waals surface area contributed by atoms with Crippen molar-refractivity contribution in [3.8, 4) is 0 Å². The molecule has 9 atom stereocenters. The first-order valence-electron chi connectivity index (χ1n) is 13.1. The molecule has 2 N–H and O–H groups in total. The number of benzene rings is 1. The summed E-state index contributed by atoms with van der Waals surface area (Å²) in [5, 5.41) is 25.4. The Hall–Kier alpha value is -1.43. The molecule has 8 aliphatic rings. The monoisotopic (exact) mass is 451 g/mol. The van der Waals surface area contributed by atoms with E-state index in [2.05, 4.69) is 42.2 Å². The van der Waals surface area contributed by atoms with Crippen molar-refractivity contribution in [2.45, 2.75) is 82.1 Å². The zero-order valence-corrected chi connectivity index (χ0v) is 19.9. The molecule has 1 heterocycles. The Labute approximate surface area is 196 Å². The van der Waals surface area contributed by atoms with Gasteiger partial charge in [0.15, 0.2) is 0 Å². The van der Waals surface area contributed by atoms with E-state index in [4.69, 9.17) is 4.74 Å².